The van der Waals surface area contributed by atoms with Crippen molar-refractivity contribution in [2.75, 3.05) is 26.2 Å². The van der Waals surface area contributed by atoms with E-state index < -0.39 is 0 Å². The van der Waals surface area contributed by atoms with Gasteiger partial charge in [-0.15, -0.1) is 0 Å². The number of fused-ring (bicyclic) bond motifs is 1. The number of hydrogen-bond donors (Lipinski definition) is 0. The zero-order valence-electron chi connectivity index (χ0n) is 16.1. The van der Waals surface area contributed by atoms with E-state index in [9.17, 15) is 4.79 Å². The maximum absolute atomic E-state index is 11.6. The van der Waals surface area contributed by atoms with Gasteiger partial charge in [0.2, 0.25) is 5.91 Å². The summed E-state index contributed by atoms with van der Waals surface area (Å²) in [6, 6.07) is 10.7. The first kappa shape index (κ1) is 18.1. The minimum Gasteiger partial charge on any atom is -0.338 e. The second-order valence-corrected chi connectivity index (χ2v) is 7.74. The number of nitrogens with zero attached hydrogens (tertiary/aromatic N) is 4. The molecular weight excluding hydrogens is 336 g/mol. The first-order valence-electron chi connectivity index (χ1n) is 10.1. The highest BCUT2D eigenvalue weighted by atomic mass is 16.2. The molecule has 0 aliphatic carbocycles. The standard InChI is InChI=1S/C22H28N4O/c1-17(27)26-14-10-21-20(16-26)15-23-22(24-21)19-8-12-25(13-9-19)11-7-18-5-3-2-4-6-18/h2-6,15,19H,7-14,16H2,1H3. The first-order chi connectivity index (χ1) is 13.2. The van der Waals surface area contributed by atoms with Gasteiger partial charge in [-0.05, 0) is 37.9 Å². The molecule has 0 N–H and O–H groups in total. The van der Waals surface area contributed by atoms with Crippen LogP contribution < -0.4 is 0 Å². The summed E-state index contributed by atoms with van der Waals surface area (Å²) in [6.45, 7) is 6.43. The molecule has 5 heteroatoms. The Hall–Kier alpha value is -2.27. The highest BCUT2D eigenvalue weighted by Crippen LogP contribution is 2.27. The number of likely N-dealkylation sites (tertiary alicyclic amines) is 1. The van der Waals surface area contributed by atoms with E-state index >= 15 is 0 Å². The average Bonchev–Trinajstić information content (AvgIpc) is 2.72. The topological polar surface area (TPSA) is 49.3 Å². The van der Waals surface area contributed by atoms with E-state index in [1.807, 2.05) is 11.1 Å². The molecule has 2 aromatic rings. The van der Waals surface area contributed by atoms with Crippen LogP contribution >= 0.6 is 0 Å². The smallest absolute Gasteiger partial charge is 0.219 e. The second-order valence-electron chi connectivity index (χ2n) is 7.74. The van der Waals surface area contributed by atoms with Crippen LogP contribution in [0.25, 0.3) is 0 Å². The molecule has 1 aromatic carbocycles. The fourth-order valence-corrected chi connectivity index (χ4v) is 4.14. The van der Waals surface area contributed by atoms with Crippen LogP contribution in [0, 0.1) is 0 Å². The van der Waals surface area contributed by atoms with E-state index in [0.717, 1.165) is 68.9 Å². The maximum atomic E-state index is 11.6. The van der Waals surface area contributed by atoms with Crippen molar-refractivity contribution in [3.8, 4) is 0 Å². The Labute approximate surface area is 161 Å². The molecule has 2 aliphatic heterocycles. The molecule has 0 unspecified atom stereocenters. The van der Waals surface area contributed by atoms with Crippen molar-refractivity contribution in [3.05, 3.63) is 59.2 Å². The number of hydrogen-bond acceptors (Lipinski definition) is 4. The lowest BCUT2D eigenvalue weighted by Gasteiger charge is -2.32. The Balaban J connectivity index is 1.31. The molecule has 0 saturated carbocycles. The van der Waals surface area contributed by atoms with Crippen LogP contribution in [0.15, 0.2) is 36.5 Å². The largest absolute Gasteiger partial charge is 0.338 e. The molecule has 0 bridgehead atoms. The van der Waals surface area contributed by atoms with Gasteiger partial charge in [-0.25, -0.2) is 9.97 Å². The molecule has 0 spiro atoms. The third kappa shape index (κ3) is 4.35. The van der Waals surface area contributed by atoms with Gasteiger partial charge in [0.05, 0.1) is 5.69 Å². The Kier molecular flexibility index (Phi) is 5.48. The Morgan fingerprint density at radius 3 is 2.67 bits per heavy atom. The summed E-state index contributed by atoms with van der Waals surface area (Å²) >= 11 is 0. The van der Waals surface area contributed by atoms with Crippen molar-refractivity contribution in [2.45, 2.75) is 45.1 Å². The number of rotatable bonds is 4. The molecule has 0 atom stereocenters. The SMILES string of the molecule is CC(=O)N1CCc2nc(C3CCN(CCc4ccccc4)CC3)ncc2C1. The highest BCUT2D eigenvalue weighted by molar-refractivity contribution is 5.73. The molecule has 27 heavy (non-hydrogen) atoms. The van der Waals surface area contributed by atoms with Gasteiger partial charge in [0.15, 0.2) is 0 Å². The number of carbonyl (C=O) groups is 1. The van der Waals surface area contributed by atoms with Crippen LogP contribution in [-0.2, 0) is 24.2 Å². The Morgan fingerprint density at radius 1 is 1.15 bits per heavy atom. The number of carbonyl (C=O) groups excluding carboxylic acids is 1. The van der Waals surface area contributed by atoms with Gasteiger partial charge in [0, 0.05) is 50.7 Å². The number of benzene rings is 1. The lowest BCUT2D eigenvalue weighted by Crippen LogP contribution is -2.36. The lowest BCUT2D eigenvalue weighted by atomic mass is 9.95. The Bertz CT molecular complexity index is 784. The van der Waals surface area contributed by atoms with Crippen LogP contribution in [0.5, 0.6) is 0 Å². The zero-order chi connectivity index (χ0) is 18.6. The lowest BCUT2D eigenvalue weighted by molar-refractivity contribution is -0.129. The van der Waals surface area contributed by atoms with Gasteiger partial charge in [-0.3, -0.25) is 4.79 Å². The molecule has 142 valence electrons. The number of piperidine rings is 1. The molecule has 1 fully saturated rings. The predicted molar refractivity (Wildman–Crippen MR) is 105 cm³/mol. The van der Waals surface area contributed by atoms with Gasteiger partial charge < -0.3 is 9.80 Å². The summed E-state index contributed by atoms with van der Waals surface area (Å²) in [4.78, 5) is 25.6. The molecule has 1 amide bonds. The number of amides is 1. The van der Waals surface area contributed by atoms with Crippen LogP contribution in [0.3, 0.4) is 0 Å². The van der Waals surface area contributed by atoms with E-state index in [0.29, 0.717) is 12.5 Å². The van der Waals surface area contributed by atoms with Crippen LogP contribution in [-0.4, -0.2) is 51.9 Å². The third-order valence-electron chi connectivity index (χ3n) is 5.91. The highest BCUT2D eigenvalue weighted by Gasteiger charge is 2.25. The molecule has 0 radical (unpaired) electrons. The summed E-state index contributed by atoms with van der Waals surface area (Å²) in [6.07, 6.45) is 6.18. The van der Waals surface area contributed by atoms with Crippen molar-refractivity contribution in [1.82, 2.24) is 19.8 Å². The monoisotopic (exact) mass is 364 g/mol. The van der Waals surface area contributed by atoms with Gasteiger partial charge in [0.1, 0.15) is 5.82 Å². The van der Waals surface area contributed by atoms with Gasteiger partial charge in [-0.2, -0.15) is 0 Å². The summed E-state index contributed by atoms with van der Waals surface area (Å²) in [7, 11) is 0. The van der Waals surface area contributed by atoms with Crippen molar-refractivity contribution >= 4 is 5.91 Å². The molecule has 2 aliphatic rings. The predicted octanol–water partition coefficient (Wildman–Crippen LogP) is 2.80. The van der Waals surface area contributed by atoms with Crippen molar-refractivity contribution < 1.29 is 4.79 Å². The molecule has 1 saturated heterocycles. The fraction of sp³-hybridized carbons (Fsp3) is 0.500. The molecule has 4 rings (SSSR count). The van der Waals surface area contributed by atoms with Crippen molar-refractivity contribution in [1.29, 1.82) is 0 Å². The van der Waals surface area contributed by atoms with Crippen LogP contribution in [0.1, 0.15) is 48.3 Å². The minimum absolute atomic E-state index is 0.132. The zero-order valence-corrected chi connectivity index (χ0v) is 16.1. The van der Waals surface area contributed by atoms with E-state index in [-0.39, 0.29) is 5.91 Å². The van der Waals surface area contributed by atoms with Gasteiger partial charge in [0.25, 0.3) is 0 Å². The van der Waals surface area contributed by atoms with E-state index in [1.54, 1.807) is 6.92 Å². The van der Waals surface area contributed by atoms with Crippen LogP contribution in [0.2, 0.25) is 0 Å². The molecule has 1 aromatic heterocycles. The molecule has 3 heterocycles. The number of aromatic nitrogens is 2. The average molecular weight is 364 g/mol. The quantitative estimate of drug-likeness (QED) is 0.837. The molecule has 5 nitrogen and oxygen atoms in total. The second kappa shape index (κ2) is 8.17. The normalized spacial score (nSPS) is 18.3. The van der Waals surface area contributed by atoms with E-state index in [4.69, 9.17) is 4.98 Å². The minimum atomic E-state index is 0.132. The first-order valence-corrected chi connectivity index (χ1v) is 10.1. The fourth-order valence-electron chi connectivity index (χ4n) is 4.14. The van der Waals surface area contributed by atoms with Crippen molar-refractivity contribution in [2.24, 2.45) is 0 Å². The maximum Gasteiger partial charge on any atom is 0.219 e. The molecular formula is C22H28N4O. The van der Waals surface area contributed by atoms with Crippen molar-refractivity contribution in [3.63, 3.8) is 0 Å². The van der Waals surface area contributed by atoms with Gasteiger partial charge >= 0.3 is 0 Å². The summed E-state index contributed by atoms with van der Waals surface area (Å²) in [5, 5.41) is 0. The summed E-state index contributed by atoms with van der Waals surface area (Å²) < 4.78 is 0. The van der Waals surface area contributed by atoms with E-state index in [1.165, 1.54) is 5.56 Å². The van der Waals surface area contributed by atoms with Gasteiger partial charge in [-0.1, -0.05) is 30.3 Å². The third-order valence-corrected chi connectivity index (χ3v) is 5.91. The summed E-state index contributed by atoms with van der Waals surface area (Å²) in [5.41, 5.74) is 3.67. The van der Waals surface area contributed by atoms with Crippen LogP contribution in [0.4, 0.5) is 0 Å². The van der Waals surface area contributed by atoms with E-state index in [2.05, 4.69) is 40.2 Å². The Morgan fingerprint density at radius 2 is 1.93 bits per heavy atom. The summed E-state index contributed by atoms with van der Waals surface area (Å²) in [5.74, 6) is 1.61.